The van der Waals surface area contributed by atoms with Crippen molar-refractivity contribution in [1.82, 2.24) is 15.2 Å². The quantitative estimate of drug-likeness (QED) is 0.702. The molecule has 5 nitrogen and oxygen atoms in total. The third-order valence-corrected chi connectivity index (χ3v) is 3.33. The molecule has 8 heteroatoms. The fraction of sp³-hybridized carbons (Fsp3) is 0.118. The first kappa shape index (κ1) is 16.7. The van der Waals surface area contributed by atoms with Crippen molar-refractivity contribution in [2.24, 2.45) is 0 Å². The van der Waals surface area contributed by atoms with Gasteiger partial charge in [0.25, 0.3) is 0 Å². The molecule has 0 aliphatic rings. The number of hydrogen-bond acceptors (Lipinski definition) is 5. The molecule has 0 saturated heterocycles. The SMILES string of the molecule is COc1ccccc1-c1ccnnc1Oc1ccc(C(F)(F)F)nc1. The fourth-order valence-electron chi connectivity index (χ4n) is 2.19. The molecular weight excluding hydrogens is 335 g/mol. The maximum Gasteiger partial charge on any atom is 0.433 e. The third-order valence-electron chi connectivity index (χ3n) is 3.33. The van der Waals surface area contributed by atoms with Gasteiger partial charge in [0.2, 0.25) is 5.88 Å². The average Bonchev–Trinajstić information content (AvgIpc) is 2.62. The number of benzene rings is 1. The lowest BCUT2D eigenvalue weighted by molar-refractivity contribution is -0.141. The summed E-state index contributed by atoms with van der Waals surface area (Å²) in [4.78, 5) is 3.36. The summed E-state index contributed by atoms with van der Waals surface area (Å²) in [6.07, 6.45) is -2.03. The summed E-state index contributed by atoms with van der Waals surface area (Å²) >= 11 is 0. The van der Waals surface area contributed by atoms with Crippen LogP contribution < -0.4 is 9.47 Å². The van der Waals surface area contributed by atoms with Gasteiger partial charge in [-0.05, 0) is 24.3 Å². The molecule has 128 valence electrons. The van der Waals surface area contributed by atoms with E-state index >= 15 is 0 Å². The molecule has 1 aromatic carbocycles. The molecule has 0 radical (unpaired) electrons. The van der Waals surface area contributed by atoms with E-state index in [1.807, 2.05) is 18.2 Å². The van der Waals surface area contributed by atoms with Crippen LogP contribution in [0.4, 0.5) is 13.2 Å². The number of nitrogens with zero attached hydrogens (tertiary/aromatic N) is 3. The van der Waals surface area contributed by atoms with E-state index < -0.39 is 11.9 Å². The highest BCUT2D eigenvalue weighted by molar-refractivity contribution is 5.74. The number of halogens is 3. The molecule has 0 aliphatic carbocycles. The Hall–Kier alpha value is -3.16. The van der Waals surface area contributed by atoms with Gasteiger partial charge in [-0.25, -0.2) is 4.98 Å². The van der Waals surface area contributed by atoms with Crippen molar-refractivity contribution >= 4 is 0 Å². The van der Waals surface area contributed by atoms with Crippen LogP contribution in [0, 0.1) is 0 Å². The molecule has 3 rings (SSSR count). The smallest absolute Gasteiger partial charge is 0.433 e. The Morgan fingerprint density at radius 1 is 0.960 bits per heavy atom. The predicted molar refractivity (Wildman–Crippen MR) is 83.3 cm³/mol. The minimum Gasteiger partial charge on any atom is -0.496 e. The highest BCUT2D eigenvalue weighted by Gasteiger charge is 2.32. The van der Waals surface area contributed by atoms with E-state index in [1.165, 1.54) is 19.4 Å². The second-order valence-electron chi connectivity index (χ2n) is 4.93. The number of ether oxygens (including phenoxy) is 2. The minimum atomic E-state index is -4.51. The van der Waals surface area contributed by atoms with Crippen molar-refractivity contribution in [3.63, 3.8) is 0 Å². The van der Waals surface area contributed by atoms with Gasteiger partial charge in [0, 0.05) is 5.56 Å². The van der Waals surface area contributed by atoms with E-state index in [-0.39, 0.29) is 11.6 Å². The molecular formula is C17H12F3N3O2. The van der Waals surface area contributed by atoms with Crippen LogP contribution >= 0.6 is 0 Å². The standard InChI is InChI=1S/C17H12F3N3O2/c1-24-14-5-3-2-4-12(14)13-8-9-22-23-16(13)25-11-6-7-15(21-10-11)17(18,19)20/h2-10H,1H3. The number of methoxy groups -OCH3 is 1. The van der Waals surface area contributed by atoms with Crippen molar-refractivity contribution in [2.75, 3.05) is 7.11 Å². The second-order valence-corrected chi connectivity index (χ2v) is 4.93. The van der Waals surface area contributed by atoms with E-state index in [0.29, 0.717) is 11.3 Å². The van der Waals surface area contributed by atoms with Crippen molar-refractivity contribution in [3.8, 4) is 28.5 Å². The number of pyridine rings is 1. The summed E-state index contributed by atoms with van der Waals surface area (Å²) in [6.45, 7) is 0. The first-order valence-corrected chi connectivity index (χ1v) is 7.15. The summed E-state index contributed by atoms with van der Waals surface area (Å²) in [5, 5.41) is 7.68. The minimum absolute atomic E-state index is 0.115. The number of rotatable bonds is 4. The van der Waals surface area contributed by atoms with E-state index in [9.17, 15) is 13.2 Å². The van der Waals surface area contributed by atoms with E-state index in [0.717, 1.165) is 17.8 Å². The van der Waals surface area contributed by atoms with E-state index in [2.05, 4.69) is 15.2 Å². The largest absolute Gasteiger partial charge is 0.496 e. The molecule has 0 amide bonds. The van der Waals surface area contributed by atoms with Crippen LogP contribution in [-0.2, 0) is 6.18 Å². The lowest BCUT2D eigenvalue weighted by atomic mass is 10.1. The third kappa shape index (κ3) is 3.68. The number of aromatic nitrogens is 3. The van der Waals surface area contributed by atoms with Gasteiger partial charge in [-0.2, -0.15) is 18.3 Å². The van der Waals surface area contributed by atoms with Crippen LogP contribution in [0.15, 0.2) is 54.9 Å². The summed E-state index contributed by atoms with van der Waals surface area (Å²) in [6, 6.07) is 10.9. The first-order valence-electron chi connectivity index (χ1n) is 7.15. The van der Waals surface area contributed by atoms with Crippen LogP contribution in [0.1, 0.15) is 5.69 Å². The number of hydrogen-bond donors (Lipinski definition) is 0. The van der Waals surface area contributed by atoms with Gasteiger partial charge in [-0.15, -0.1) is 5.10 Å². The van der Waals surface area contributed by atoms with Crippen molar-refractivity contribution < 1.29 is 22.6 Å². The first-order chi connectivity index (χ1) is 12.0. The summed E-state index contributed by atoms with van der Waals surface area (Å²) in [7, 11) is 1.54. The van der Waals surface area contributed by atoms with Crippen LogP contribution in [0.2, 0.25) is 0 Å². The van der Waals surface area contributed by atoms with Gasteiger partial charge in [-0.3, -0.25) is 0 Å². The molecule has 0 spiro atoms. The average molecular weight is 347 g/mol. The lowest BCUT2D eigenvalue weighted by Gasteiger charge is -2.12. The Kier molecular flexibility index (Phi) is 4.51. The maximum absolute atomic E-state index is 12.6. The summed E-state index contributed by atoms with van der Waals surface area (Å²) < 4.78 is 48.6. The molecule has 2 aromatic heterocycles. The molecule has 0 bridgehead atoms. The molecule has 25 heavy (non-hydrogen) atoms. The number of alkyl halides is 3. The van der Waals surface area contributed by atoms with E-state index in [4.69, 9.17) is 9.47 Å². The second kappa shape index (κ2) is 6.76. The molecule has 2 heterocycles. The molecule has 0 aliphatic heterocycles. The van der Waals surface area contributed by atoms with Crippen molar-refractivity contribution in [2.45, 2.75) is 6.18 Å². The molecule has 3 aromatic rings. The molecule has 0 N–H and O–H groups in total. The van der Waals surface area contributed by atoms with Crippen LogP contribution in [-0.4, -0.2) is 22.3 Å². The zero-order valence-electron chi connectivity index (χ0n) is 13.0. The van der Waals surface area contributed by atoms with Gasteiger partial charge in [0.1, 0.15) is 17.2 Å². The zero-order valence-corrected chi connectivity index (χ0v) is 13.0. The van der Waals surface area contributed by atoms with Gasteiger partial charge in [0.05, 0.1) is 25.1 Å². The van der Waals surface area contributed by atoms with Crippen LogP contribution in [0.5, 0.6) is 17.4 Å². The topological polar surface area (TPSA) is 57.1 Å². The molecule has 0 atom stereocenters. The fourth-order valence-corrected chi connectivity index (χ4v) is 2.19. The molecule has 0 fully saturated rings. The lowest BCUT2D eigenvalue weighted by Crippen LogP contribution is -2.07. The van der Waals surface area contributed by atoms with Gasteiger partial charge in [0.15, 0.2) is 0 Å². The summed E-state index contributed by atoms with van der Waals surface area (Å²) in [5.74, 6) is 0.851. The molecule has 0 unspecified atom stereocenters. The van der Waals surface area contributed by atoms with Gasteiger partial charge >= 0.3 is 6.18 Å². The Balaban J connectivity index is 1.94. The highest BCUT2D eigenvalue weighted by atomic mass is 19.4. The maximum atomic E-state index is 12.6. The Morgan fingerprint density at radius 3 is 2.44 bits per heavy atom. The zero-order chi connectivity index (χ0) is 17.9. The number of para-hydroxylation sites is 1. The highest BCUT2D eigenvalue weighted by Crippen LogP contribution is 2.36. The Labute approximate surface area is 141 Å². The van der Waals surface area contributed by atoms with E-state index in [1.54, 1.807) is 12.1 Å². The summed E-state index contributed by atoms with van der Waals surface area (Å²) in [5.41, 5.74) is 0.311. The van der Waals surface area contributed by atoms with Crippen LogP contribution in [0.25, 0.3) is 11.1 Å². The Morgan fingerprint density at radius 2 is 1.76 bits per heavy atom. The normalized spacial score (nSPS) is 11.2. The van der Waals surface area contributed by atoms with Crippen molar-refractivity contribution in [1.29, 1.82) is 0 Å². The Bertz CT molecular complexity index is 868. The van der Waals surface area contributed by atoms with Gasteiger partial charge < -0.3 is 9.47 Å². The van der Waals surface area contributed by atoms with Crippen LogP contribution in [0.3, 0.4) is 0 Å². The monoisotopic (exact) mass is 347 g/mol. The predicted octanol–water partition coefficient (Wildman–Crippen LogP) is 4.36. The van der Waals surface area contributed by atoms with Gasteiger partial charge in [-0.1, -0.05) is 18.2 Å². The van der Waals surface area contributed by atoms with Crippen molar-refractivity contribution in [3.05, 3.63) is 60.6 Å². The molecule has 0 saturated carbocycles.